The van der Waals surface area contributed by atoms with Crippen molar-refractivity contribution < 1.29 is 9.53 Å². The van der Waals surface area contributed by atoms with Gasteiger partial charge in [0.15, 0.2) is 0 Å². The number of esters is 1. The van der Waals surface area contributed by atoms with Crippen molar-refractivity contribution in [3.63, 3.8) is 0 Å². The summed E-state index contributed by atoms with van der Waals surface area (Å²) in [6.45, 7) is 5.56. The molecule has 0 radical (unpaired) electrons. The Bertz CT molecular complexity index is 414. The lowest BCUT2D eigenvalue weighted by Crippen LogP contribution is -2.27. The molecule has 2 rings (SSSR count). The number of nitrogens with zero attached hydrogens (tertiary/aromatic N) is 3. The molecule has 1 aromatic rings. The van der Waals surface area contributed by atoms with Crippen molar-refractivity contribution in [1.29, 1.82) is 0 Å². The van der Waals surface area contributed by atoms with Gasteiger partial charge in [-0.15, -0.1) is 0 Å². The Balaban J connectivity index is 2.14. The van der Waals surface area contributed by atoms with E-state index in [9.17, 15) is 4.79 Å². The Morgan fingerprint density at radius 3 is 2.61 bits per heavy atom. The average molecular weight is 251 g/mol. The Labute approximate surface area is 108 Å². The molecule has 1 aliphatic carbocycles. The third kappa shape index (κ3) is 3.09. The minimum atomic E-state index is -0.500. The third-order valence-electron chi connectivity index (χ3n) is 3.08. The zero-order chi connectivity index (χ0) is 13.2. The van der Waals surface area contributed by atoms with Gasteiger partial charge >= 0.3 is 5.97 Å². The van der Waals surface area contributed by atoms with Crippen molar-refractivity contribution in [3.05, 3.63) is 12.2 Å². The van der Waals surface area contributed by atoms with Crippen LogP contribution in [0, 0.1) is 0 Å². The van der Waals surface area contributed by atoms with Crippen LogP contribution < -0.4 is 0 Å². The molecule has 0 aliphatic heterocycles. The van der Waals surface area contributed by atoms with Crippen molar-refractivity contribution in [2.24, 2.45) is 0 Å². The fourth-order valence-corrected chi connectivity index (χ4v) is 2.31. The summed E-state index contributed by atoms with van der Waals surface area (Å²) in [5, 5.41) is 4.20. The summed E-state index contributed by atoms with van der Waals surface area (Å²) in [4.78, 5) is 16.1. The molecule has 5 heteroatoms. The molecule has 1 aliphatic rings. The van der Waals surface area contributed by atoms with Gasteiger partial charge in [0.2, 0.25) is 5.82 Å². The lowest BCUT2D eigenvalue weighted by Gasteiger charge is -2.24. The average Bonchev–Trinajstić information content (AvgIpc) is 2.76. The molecule has 0 aromatic carbocycles. The zero-order valence-electron chi connectivity index (χ0n) is 11.3. The number of carbonyl (C=O) groups is 1. The quantitative estimate of drug-likeness (QED) is 0.758. The largest absolute Gasteiger partial charge is 0.454 e. The zero-order valence-corrected chi connectivity index (χ0v) is 11.3. The fourth-order valence-electron chi connectivity index (χ4n) is 2.31. The topological polar surface area (TPSA) is 57.0 Å². The smallest absolute Gasteiger partial charge is 0.376 e. The maximum absolute atomic E-state index is 12.0. The van der Waals surface area contributed by atoms with Gasteiger partial charge in [0, 0.05) is 0 Å². The van der Waals surface area contributed by atoms with E-state index in [4.69, 9.17) is 4.74 Å². The summed E-state index contributed by atoms with van der Waals surface area (Å²) in [7, 11) is 0. The number of hydrogen-bond acceptors (Lipinski definition) is 4. The van der Waals surface area contributed by atoms with Gasteiger partial charge in [-0.2, -0.15) is 5.10 Å². The highest BCUT2D eigenvalue weighted by molar-refractivity contribution is 5.85. The lowest BCUT2D eigenvalue weighted by molar-refractivity contribution is 0.00449. The normalized spacial score (nSPS) is 17.7. The van der Waals surface area contributed by atoms with Crippen LogP contribution in [0.3, 0.4) is 0 Å². The van der Waals surface area contributed by atoms with E-state index in [1.165, 1.54) is 25.6 Å². The first kappa shape index (κ1) is 13.1. The van der Waals surface area contributed by atoms with Gasteiger partial charge in [-0.3, -0.25) is 0 Å². The van der Waals surface area contributed by atoms with Crippen LogP contribution in [-0.4, -0.2) is 26.3 Å². The van der Waals surface area contributed by atoms with Gasteiger partial charge in [0.1, 0.15) is 11.9 Å². The van der Waals surface area contributed by atoms with Crippen molar-refractivity contribution in [1.82, 2.24) is 14.8 Å². The molecule has 1 saturated carbocycles. The molecule has 100 valence electrons. The second-order valence-corrected chi connectivity index (χ2v) is 5.82. The number of hydrogen-bond donors (Lipinski definition) is 0. The first-order valence-electron chi connectivity index (χ1n) is 6.60. The predicted molar refractivity (Wildman–Crippen MR) is 67.3 cm³/mol. The van der Waals surface area contributed by atoms with Crippen molar-refractivity contribution in [2.75, 3.05) is 0 Å². The Kier molecular flexibility index (Phi) is 3.68. The van der Waals surface area contributed by atoms with E-state index in [2.05, 4.69) is 10.1 Å². The molecule has 5 nitrogen and oxygen atoms in total. The summed E-state index contributed by atoms with van der Waals surface area (Å²) in [5.41, 5.74) is -0.500. The summed E-state index contributed by atoms with van der Waals surface area (Å²) in [6, 6.07) is 0.295. The third-order valence-corrected chi connectivity index (χ3v) is 3.08. The van der Waals surface area contributed by atoms with Gasteiger partial charge in [-0.25, -0.2) is 14.5 Å². The number of rotatable bonds is 2. The molecule has 0 spiro atoms. The molecule has 0 unspecified atom stereocenters. The first-order chi connectivity index (χ1) is 8.47. The van der Waals surface area contributed by atoms with E-state index in [-0.39, 0.29) is 5.97 Å². The molecule has 1 aromatic heterocycles. The van der Waals surface area contributed by atoms with Gasteiger partial charge in [-0.05, 0) is 33.6 Å². The molecular formula is C13H21N3O2. The van der Waals surface area contributed by atoms with E-state index >= 15 is 0 Å². The van der Waals surface area contributed by atoms with Crippen LogP contribution in [0.2, 0.25) is 0 Å². The van der Waals surface area contributed by atoms with Crippen LogP contribution in [0.5, 0.6) is 0 Å². The second-order valence-electron chi connectivity index (χ2n) is 5.82. The first-order valence-corrected chi connectivity index (χ1v) is 6.60. The van der Waals surface area contributed by atoms with Gasteiger partial charge in [-0.1, -0.05) is 19.3 Å². The Morgan fingerprint density at radius 2 is 2.00 bits per heavy atom. The molecule has 0 saturated heterocycles. The highest BCUT2D eigenvalue weighted by Crippen LogP contribution is 2.28. The van der Waals surface area contributed by atoms with Gasteiger partial charge < -0.3 is 4.74 Å². The molecule has 1 heterocycles. The number of carbonyl (C=O) groups excluding carboxylic acids is 1. The van der Waals surface area contributed by atoms with Crippen LogP contribution >= 0.6 is 0 Å². The molecule has 0 atom stereocenters. The summed E-state index contributed by atoms with van der Waals surface area (Å²) in [6.07, 6.45) is 7.23. The lowest BCUT2D eigenvalue weighted by atomic mass is 9.95. The van der Waals surface area contributed by atoms with Crippen molar-refractivity contribution >= 4 is 5.97 Å². The summed E-state index contributed by atoms with van der Waals surface area (Å²) >= 11 is 0. The van der Waals surface area contributed by atoms with E-state index in [0.29, 0.717) is 11.9 Å². The minimum Gasteiger partial charge on any atom is -0.454 e. The van der Waals surface area contributed by atoms with E-state index in [1.807, 2.05) is 20.8 Å². The molecule has 0 bridgehead atoms. The molecule has 0 N–H and O–H groups in total. The molecule has 0 amide bonds. The standard InChI is InChI=1S/C13H21N3O2/c1-13(2,3)18-12(17)11-14-9-15-16(11)10-7-5-4-6-8-10/h9-10H,4-8H2,1-3H3. The van der Waals surface area contributed by atoms with Crippen LogP contribution in [0.15, 0.2) is 6.33 Å². The van der Waals surface area contributed by atoms with Crippen molar-refractivity contribution in [3.8, 4) is 0 Å². The maximum atomic E-state index is 12.0. The predicted octanol–water partition coefficient (Wildman–Crippen LogP) is 2.74. The van der Waals surface area contributed by atoms with Crippen LogP contribution in [-0.2, 0) is 4.74 Å². The van der Waals surface area contributed by atoms with Gasteiger partial charge in [0.25, 0.3) is 0 Å². The van der Waals surface area contributed by atoms with Crippen molar-refractivity contribution in [2.45, 2.75) is 64.5 Å². The molecule has 1 fully saturated rings. The summed E-state index contributed by atoms with van der Waals surface area (Å²) < 4.78 is 7.09. The van der Waals surface area contributed by atoms with Crippen LogP contribution in [0.1, 0.15) is 69.5 Å². The highest BCUT2D eigenvalue weighted by atomic mass is 16.6. The van der Waals surface area contributed by atoms with Crippen LogP contribution in [0.4, 0.5) is 0 Å². The highest BCUT2D eigenvalue weighted by Gasteiger charge is 2.26. The Morgan fingerprint density at radius 1 is 1.33 bits per heavy atom. The van der Waals surface area contributed by atoms with Crippen LogP contribution in [0.25, 0.3) is 0 Å². The monoisotopic (exact) mass is 251 g/mol. The maximum Gasteiger partial charge on any atom is 0.376 e. The van der Waals surface area contributed by atoms with E-state index < -0.39 is 5.60 Å². The van der Waals surface area contributed by atoms with E-state index in [1.54, 1.807) is 4.68 Å². The SMILES string of the molecule is CC(C)(C)OC(=O)c1ncnn1C1CCCCC1. The van der Waals surface area contributed by atoms with E-state index in [0.717, 1.165) is 12.8 Å². The number of aromatic nitrogens is 3. The molecular weight excluding hydrogens is 230 g/mol. The Hall–Kier alpha value is -1.39. The summed E-state index contributed by atoms with van der Waals surface area (Å²) in [5.74, 6) is -0.0533. The fraction of sp³-hybridized carbons (Fsp3) is 0.769. The molecule has 18 heavy (non-hydrogen) atoms. The minimum absolute atomic E-state index is 0.295. The second kappa shape index (κ2) is 5.08. The van der Waals surface area contributed by atoms with Gasteiger partial charge in [0.05, 0.1) is 6.04 Å². The number of ether oxygens (including phenoxy) is 1.